The third kappa shape index (κ3) is 3.61. The molecule has 2 aliphatic rings. The van der Waals surface area contributed by atoms with Crippen molar-refractivity contribution in [2.75, 3.05) is 18.5 Å². The SMILES string of the molecule is Cc1ccc([C@H]2NC(=O)N(CC(=O)Nc3cccc(Cl)c3F)C3=C2C(=O)OC3)cc1. The largest absolute Gasteiger partial charge is 0.456 e. The fourth-order valence-electron chi connectivity index (χ4n) is 3.42. The molecule has 2 N–H and O–H groups in total. The minimum atomic E-state index is -0.769. The van der Waals surface area contributed by atoms with E-state index in [1.165, 1.54) is 18.2 Å². The average Bonchev–Trinajstić information content (AvgIpc) is 3.10. The number of esters is 1. The number of hydrogen-bond donors (Lipinski definition) is 2. The second kappa shape index (κ2) is 7.79. The van der Waals surface area contributed by atoms with Crippen LogP contribution in [0.25, 0.3) is 0 Å². The van der Waals surface area contributed by atoms with E-state index >= 15 is 0 Å². The minimum Gasteiger partial charge on any atom is -0.456 e. The molecule has 2 aromatic carbocycles. The van der Waals surface area contributed by atoms with Gasteiger partial charge in [-0.25, -0.2) is 14.0 Å². The molecule has 2 heterocycles. The summed E-state index contributed by atoms with van der Waals surface area (Å²) in [4.78, 5) is 38.7. The monoisotopic (exact) mass is 429 g/mol. The molecule has 2 aliphatic heterocycles. The highest BCUT2D eigenvalue weighted by Gasteiger charge is 2.42. The summed E-state index contributed by atoms with van der Waals surface area (Å²) in [6.45, 7) is 1.39. The van der Waals surface area contributed by atoms with Gasteiger partial charge in [0, 0.05) is 0 Å². The van der Waals surface area contributed by atoms with Gasteiger partial charge in [-0.2, -0.15) is 0 Å². The number of urea groups is 1. The Labute approximate surface area is 176 Å². The van der Waals surface area contributed by atoms with Gasteiger partial charge in [-0.15, -0.1) is 0 Å². The van der Waals surface area contributed by atoms with Crippen molar-refractivity contribution in [1.82, 2.24) is 10.2 Å². The fourth-order valence-corrected chi connectivity index (χ4v) is 3.60. The van der Waals surface area contributed by atoms with Crippen LogP contribution in [0, 0.1) is 12.7 Å². The molecule has 0 saturated carbocycles. The maximum Gasteiger partial charge on any atom is 0.338 e. The third-order valence-electron chi connectivity index (χ3n) is 4.94. The van der Waals surface area contributed by atoms with Crippen LogP contribution in [0.2, 0.25) is 5.02 Å². The van der Waals surface area contributed by atoms with Crippen molar-refractivity contribution in [2.24, 2.45) is 0 Å². The second-order valence-corrected chi connectivity index (χ2v) is 7.37. The molecule has 0 bridgehead atoms. The number of nitrogens with zero attached hydrogens (tertiary/aromatic N) is 1. The molecule has 0 fully saturated rings. The molecule has 9 heteroatoms. The maximum absolute atomic E-state index is 14.0. The topological polar surface area (TPSA) is 87.7 Å². The van der Waals surface area contributed by atoms with Crippen LogP contribution in [0.15, 0.2) is 53.7 Å². The Morgan fingerprint density at radius 2 is 2.00 bits per heavy atom. The molecule has 4 rings (SSSR count). The molecule has 3 amide bonds. The Bertz CT molecular complexity index is 1080. The van der Waals surface area contributed by atoms with E-state index in [2.05, 4.69) is 10.6 Å². The third-order valence-corrected chi connectivity index (χ3v) is 5.23. The smallest absolute Gasteiger partial charge is 0.338 e. The lowest BCUT2D eigenvalue weighted by atomic mass is 9.95. The van der Waals surface area contributed by atoms with Gasteiger partial charge >= 0.3 is 12.0 Å². The number of aryl methyl sites for hydroxylation is 1. The van der Waals surface area contributed by atoms with E-state index in [9.17, 15) is 18.8 Å². The van der Waals surface area contributed by atoms with Crippen LogP contribution in [0.3, 0.4) is 0 Å². The number of rotatable bonds is 4. The predicted molar refractivity (Wildman–Crippen MR) is 107 cm³/mol. The number of amides is 3. The van der Waals surface area contributed by atoms with Gasteiger partial charge in [0.05, 0.1) is 28.0 Å². The Morgan fingerprint density at radius 3 is 2.73 bits per heavy atom. The molecule has 0 aliphatic carbocycles. The molecule has 0 radical (unpaired) electrons. The lowest BCUT2D eigenvalue weighted by molar-refractivity contribution is -0.136. The van der Waals surface area contributed by atoms with Crippen molar-refractivity contribution >= 4 is 35.2 Å². The Hall–Kier alpha value is -3.39. The summed E-state index contributed by atoms with van der Waals surface area (Å²) in [5.41, 5.74) is 2.26. The van der Waals surface area contributed by atoms with E-state index in [-0.39, 0.29) is 22.9 Å². The first kappa shape index (κ1) is 19.9. The molecule has 0 saturated heterocycles. The van der Waals surface area contributed by atoms with Crippen molar-refractivity contribution in [3.63, 3.8) is 0 Å². The number of benzene rings is 2. The van der Waals surface area contributed by atoms with Crippen LogP contribution in [0.4, 0.5) is 14.9 Å². The van der Waals surface area contributed by atoms with Crippen molar-refractivity contribution in [3.05, 3.63) is 75.7 Å². The Morgan fingerprint density at radius 1 is 1.27 bits per heavy atom. The second-order valence-electron chi connectivity index (χ2n) is 6.97. The molecule has 0 unspecified atom stereocenters. The van der Waals surface area contributed by atoms with Gasteiger partial charge in [-0.05, 0) is 24.6 Å². The standard InChI is InChI=1S/C21H17ClFN3O4/c1-11-5-7-12(8-6-11)19-17-15(10-30-20(17)28)26(21(29)25-19)9-16(27)24-14-4-2-3-13(22)18(14)23/h2-8,19H,9-10H2,1H3,(H,24,27)(H,25,29)/t19-/m1/s1. The highest BCUT2D eigenvalue weighted by molar-refractivity contribution is 6.31. The lowest BCUT2D eigenvalue weighted by Crippen LogP contribution is -2.49. The van der Waals surface area contributed by atoms with Crippen LogP contribution < -0.4 is 10.6 Å². The Balaban J connectivity index is 1.60. The minimum absolute atomic E-state index is 0.101. The molecule has 7 nitrogen and oxygen atoms in total. The number of cyclic esters (lactones) is 1. The van der Waals surface area contributed by atoms with Gasteiger partial charge in [0.15, 0.2) is 5.82 Å². The van der Waals surface area contributed by atoms with E-state index in [1.54, 1.807) is 0 Å². The van der Waals surface area contributed by atoms with Gasteiger partial charge in [-0.3, -0.25) is 9.69 Å². The molecule has 0 spiro atoms. The summed E-state index contributed by atoms with van der Waals surface area (Å²) >= 11 is 5.72. The Kier molecular flexibility index (Phi) is 5.17. The van der Waals surface area contributed by atoms with Crippen molar-refractivity contribution < 1.29 is 23.5 Å². The zero-order valence-electron chi connectivity index (χ0n) is 15.9. The molecule has 2 aromatic rings. The van der Waals surface area contributed by atoms with Gasteiger partial charge in [0.25, 0.3) is 0 Å². The first-order valence-electron chi connectivity index (χ1n) is 9.14. The summed E-state index contributed by atoms with van der Waals surface area (Å²) in [6.07, 6.45) is 0. The van der Waals surface area contributed by atoms with E-state index < -0.39 is 36.3 Å². The molecule has 154 valence electrons. The number of halogens is 2. The van der Waals surface area contributed by atoms with E-state index in [4.69, 9.17) is 16.3 Å². The van der Waals surface area contributed by atoms with Crippen molar-refractivity contribution in [1.29, 1.82) is 0 Å². The summed E-state index contributed by atoms with van der Waals surface area (Å²) < 4.78 is 19.2. The number of anilines is 1. The zero-order valence-corrected chi connectivity index (χ0v) is 16.6. The predicted octanol–water partition coefficient (Wildman–Crippen LogP) is 3.30. The van der Waals surface area contributed by atoms with Gasteiger partial charge < -0.3 is 15.4 Å². The van der Waals surface area contributed by atoms with Crippen LogP contribution in [-0.4, -0.2) is 36.0 Å². The first-order valence-corrected chi connectivity index (χ1v) is 9.51. The number of carbonyl (C=O) groups excluding carboxylic acids is 3. The van der Waals surface area contributed by atoms with Crippen molar-refractivity contribution in [2.45, 2.75) is 13.0 Å². The number of nitrogens with one attached hydrogen (secondary N) is 2. The molecule has 1 atom stereocenters. The molecule has 0 aromatic heterocycles. The molecular weight excluding hydrogens is 413 g/mol. The van der Waals surface area contributed by atoms with Gasteiger partial charge in [0.1, 0.15) is 13.2 Å². The van der Waals surface area contributed by atoms with Crippen LogP contribution >= 0.6 is 11.6 Å². The zero-order chi connectivity index (χ0) is 21.4. The van der Waals surface area contributed by atoms with Gasteiger partial charge in [0.2, 0.25) is 5.91 Å². The number of hydrogen-bond acceptors (Lipinski definition) is 4. The lowest BCUT2D eigenvalue weighted by Gasteiger charge is -2.32. The highest BCUT2D eigenvalue weighted by atomic mass is 35.5. The summed E-state index contributed by atoms with van der Waals surface area (Å²) in [7, 11) is 0. The van der Waals surface area contributed by atoms with Crippen LogP contribution in [-0.2, 0) is 14.3 Å². The summed E-state index contributed by atoms with van der Waals surface area (Å²) in [5.74, 6) is -1.97. The highest BCUT2D eigenvalue weighted by Crippen LogP contribution is 2.35. The van der Waals surface area contributed by atoms with Gasteiger partial charge in [-0.1, -0.05) is 47.5 Å². The van der Waals surface area contributed by atoms with E-state index in [0.717, 1.165) is 16.0 Å². The molecule has 30 heavy (non-hydrogen) atoms. The normalized spacial score (nSPS) is 18.1. The average molecular weight is 430 g/mol. The quantitative estimate of drug-likeness (QED) is 0.730. The number of carbonyl (C=O) groups is 3. The molecular formula is C21H17ClFN3O4. The van der Waals surface area contributed by atoms with E-state index in [0.29, 0.717) is 5.70 Å². The first-order chi connectivity index (χ1) is 14.3. The van der Waals surface area contributed by atoms with Crippen LogP contribution in [0.1, 0.15) is 17.2 Å². The maximum atomic E-state index is 14.0. The summed E-state index contributed by atoms with van der Waals surface area (Å²) in [6, 6.07) is 10.4. The van der Waals surface area contributed by atoms with Crippen molar-refractivity contribution in [3.8, 4) is 0 Å². The fraction of sp³-hybridized carbons (Fsp3) is 0.190. The summed E-state index contributed by atoms with van der Waals surface area (Å²) in [5, 5.41) is 5.00. The number of ether oxygens (including phenoxy) is 1. The van der Waals surface area contributed by atoms with E-state index in [1.807, 2.05) is 31.2 Å². The van der Waals surface area contributed by atoms with Crippen LogP contribution in [0.5, 0.6) is 0 Å².